The van der Waals surface area contributed by atoms with Gasteiger partial charge in [-0.2, -0.15) is 0 Å². The number of nitrogen functional groups attached to an aromatic ring is 1. The topological polar surface area (TPSA) is 51.8 Å². The fourth-order valence-corrected chi connectivity index (χ4v) is 4.04. The predicted molar refractivity (Wildman–Crippen MR) is 81.7 cm³/mol. The Kier molecular flexibility index (Phi) is 3.21. The van der Waals surface area contributed by atoms with Crippen molar-refractivity contribution in [3.8, 4) is 0 Å². The van der Waals surface area contributed by atoms with E-state index in [0.717, 1.165) is 22.0 Å². The first-order valence-corrected chi connectivity index (χ1v) is 7.91. The molecule has 2 aromatic rings. The number of hydrogen-bond donors (Lipinski definition) is 1. The van der Waals surface area contributed by atoms with Crippen LogP contribution in [-0.4, -0.2) is 9.97 Å². The zero-order valence-corrected chi connectivity index (χ0v) is 12.7. The highest BCUT2D eigenvalue weighted by Gasteiger charge is 2.23. The van der Waals surface area contributed by atoms with Gasteiger partial charge in [-0.15, -0.1) is 11.3 Å². The van der Waals surface area contributed by atoms with Crippen molar-refractivity contribution < 1.29 is 0 Å². The van der Waals surface area contributed by atoms with Crippen LogP contribution in [0.2, 0.25) is 0 Å². The molecule has 0 atom stereocenters. The van der Waals surface area contributed by atoms with Crippen molar-refractivity contribution in [2.75, 3.05) is 5.73 Å². The molecule has 0 amide bonds. The van der Waals surface area contributed by atoms with E-state index in [0.29, 0.717) is 11.7 Å². The van der Waals surface area contributed by atoms with Crippen LogP contribution in [0.25, 0.3) is 10.2 Å². The number of nitrogens with two attached hydrogens (primary N) is 1. The van der Waals surface area contributed by atoms with Crippen LogP contribution in [0.4, 0.5) is 5.82 Å². The lowest BCUT2D eigenvalue weighted by Gasteiger charge is -2.25. The lowest BCUT2D eigenvalue weighted by Crippen LogP contribution is -2.14. The first-order chi connectivity index (χ1) is 9.06. The van der Waals surface area contributed by atoms with E-state index < -0.39 is 0 Å². The summed E-state index contributed by atoms with van der Waals surface area (Å²) in [5, 5.41) is 1.07. The molecule has 4 heteroatoms. The Morgan fingerprint density at radius 3 is 2.47 bits per heavy atom. The average molecular weight is 275 g/mol. The highest BCUT2D eigenvalue weighted by atomic mass is 32.1. The fourth-order valence-electron chi connectivity index (χ4n) is 3.00. The molecule has 19 heavy (non-hydrogen) atoms. The Morgan fingerprint density at radius 1 is 1.11 bits per heavy atom. The van der Waals surface area contributed by atoms with E-state index in [9.17, 15) is 0 Å². The fraction of sp³-hybridized carbons (Fsp3) is 0.600. The first kappa shape index (κ1) is 12.9. The zero-order valence-electron chi connectivity index (χ0n) is 11.9. The molecule has 0 aromatic carbocycles. The van der Waals surface area contributed by atoms with Crippen LogP contribution in [0.15, 0.2) is 0 Å². The summed E-state index contributed by atoms with van der Waals surface area (Å²) in [5.74, 6) is 2.99. The summed E-state index contributed by atoms with van der Waals surface area (Å²) >= 11 is 1.74. The molecule has 2 N–H and O–H groups in total. The number of nitrogens with zero attached hydrogens (tertiary/aromatic N) is 2. The van der Waals surface area contributed by atoms with Crippen molar-refractivity contribution in [3.63, 3.8) is 0 Å². The van der Waals surface area contributed by atoms with Crippen molar-refractivity contribution >= 4 is 27.4 Å². The lowest BCUT2D eigenvalue weighted by atomic mass is 9.82. The van der Waals surface area contributed by atoms with Gasteiger partial charge in [-0.3, -0.25) is 0 Å². The number of aryl methyl sites for hydroxylation is 2. The molecule has 2 heterocycles. The van der Waals surface area contributed by atoms with Crippen molar-refractivity contribution in [1.29, 1.82) is 0 Å². The maximum absolute atomic E-state index is 6.16. The Labute approximate surface area is 118 Å². The molecule has 3 nitrogen and oxygen atoms in total. The van der Waals surface area contributed by atoms with Gasteiger partial charge in [0.1, 0.15) is 16.5 Å². The summed E-state index contributed by atoms with van der Waals surface area (Å²) < 4.78 is 0. The third kappa shape index (κ3) is 2.22. The Morgan fingerprint density at radius 2 is 1.79 bits per heavy atom. The van der Waals surface area contributed by atoms with E-state index in [4.69, 9.17) is 10.7 Å². The lowest BCUT2D eigenvalue weighted by molar-refractivity contribution is 0.340. The Balaban J connectivity index is 2.01. The normalized spacial score (nSPS) is 23.9. The monoisotopic (exact) mass is 275 g/mol. The summed E-state index contributed by atoms with van der Waals surface area (Å²) in [6.45, 7) is 6.57. The van der Waals surface area contributed by atoms with Gasteiger partial charge in [0, 0.05) is 10.8 Å². The first-order valence-electron chi connectivity index (χ1n) is 7.09. The number of rotatable bonds is 1. The third-order valence-electron chi connectivity index (χ3n) is 4.45. The Bertz CT molecular complexity index is 609. The molecule has 0 spiro atoms. The molecule has 0 radical (unpaired) electrons. The number of aromatic nitrogens is 2. The second-order valence-corrected chi connectivity index (χ2v) is 7.09. The molecule has 0 unspecified atom stereocenters. The highest BCUT2D eigenvalue weighted by molar-refractivity contribution is 7.18. The van der Waals surface area contributed by atoms with Crippen molar-refractivity contribution in [3.05, 3.63) is 16.3 Å². The molecule has 102 valence electrons. The van der Waals surface area contributed by atoms with E-state index in [1.165, 1.54) is 36.1 Å². The Hall–Kier alpha value is -1.16. The number of thiophene rings is 1. The van der Waals surface area contributed by atoms with Gasteiger partial charge in [-0.1, -0.05) is 19.8 Å². The van der Waals surface area contributed by atoms with Crippen LogP contribution in [0.1, 0.15) is 54.8 Å². The van der Waals surface area contributed by atoms with Gasteiger partial charge >= 0.3 is 0 Å². The smallest absolute Gasteiger partial charge is 0.136 e. The summed E-state index contributed by atoms with van der Waals surface area (Å²) in [6, 6.07) is 0. The molecular formula is C15H21N3S. The SMILES string of the molecule is Cc1sc2nc(C3CCC(C)CC3)nc(N)c2c1C. The summed E-state index contributed by atoms with van der Waals surface area (Å²) in [5.41, 5.74) is 7.40. The van der Waals surface area contributed by atoms with Crippen molar-refractivity contribution in [2.24, 2.45) is 5.92 Å². The standard InChI is InChI=1S/C15H21N3S/c1-8-4-6-11(7-5-8)14-17-13(16)12-9(2)10(3)19-15(12)18-14/h8,11H,4-7H2,1-3H3,(H2,16,17,18). The average Bonchev–Trinajstić information content (AvgIpc) is 2.66. The predicted octanol–water partition coefficient (Wildman–Crippen LogP) is 4.18. The molecule has 0 bridgehead atoms. The zero-order chi connectivity index (χ0) is 13.6. The van der Waals surface area contributed by atoms with Crippen LogP contribution >= 0.6 is 11.3 Å². The molecule has 0 aliphatic heterocycles. The van der Waals surface area contributed by atoms with Gasteiger partial charge in [-0.25, -0.2) is 9.97 Å². The van der Waals surface area contributed by atoms with Gasteiger partial charge in [-0.05, 0) is 38.2 Å². The van der Waals surface area contributed by atoms with Crippen LogP contribution in [0.5, 0.6) is 0 Å². The van der Waals surface area contributed by atoms with Crippen LogP contribution < -0.4 is 5.73 Å². The quantitative estimate of drug-likeness (QED) is 0.849. The van der Waals surface area contributed by atoms with E-state index in [1.54, 1.807) is 11.3 Å². The second-order valence-electron chi connectivity index (χ2n) is 5.89. The molecule has 1 saturated carbocycles. The van der Waals surface area contributed by atoms with Crippen molar-refractivity contribution in [1.82, 2.24) is 9.97 Å². The van der Waals surface area contributed by atoms with E-state index in [2.05, 4.69) is 25.8 Å². The maximum atomic E-state index is 6.16. The third-order valence-corrected chi connectivity index (χ3v) is 5.56. The molecule has 1 aliphatic rings. The van der Waals surface area contributed by atoms with E-state index in [1.807, 2.05) is 0 Å². The van der Waals surface area contributed by atoms with Crippen LogP contribution in [0.3, 0.4) is 0 Å². The van der Waals surface area contributed by atoms with E-state index >= 15 is 0 Å². The highest BCUT2D eigenvalue weighted by Crippen LogP contribution is 2.37. The number of fused-ring (bicyclic) bond motifs is 1. The minimum absolute atomic E-state index is 0.505. The van der Waals surface area contributed by atoms with Crippen LogP contribution in [-0.2, 0) is 0 Å². The summed E-state index contributed by atoms with van der Waals surface area (Å²) in [6.07, 6.45) is 4.98. The van der Waals surface area contributed by atoms with Gasteiger partial charge in [0.2, 0.25) is 0 Å². The van der Waals surface area contributed by atoms with Gasteiger partial charge in [0.15, 0.2) is 0 Å². The molecule has 0 saturated heterocycles. The molecule has 1 aliphatic carbocycles. The van der Waals surface area contributed by atoms with Gasteiger partial charge < -0.3 is 5.73 Å². The molecule has 3 rings (SSSR count). The van der Waals surface area contributed by atoms with E-state index in [-0.39, 0.29) is 0 Å². The number of hydrogen-bond acceptors (Lipinski definition) is 4. The largest absolute Gasteiger partial charge is 0.383 e. The van der Waals surface area contributed by atoms with Crippen LogP contribution in [0, 0.1) is 19.8 Å². The van der Waals surface area contributed by atoms with Gasteiger partial charge in [0.05, 0.1) is 5.39 Å². The molecule has 1 fully saturated rings. The second kappa shape index (κ2) is 4.75. The van der Waals surface area contributed by atoms with Crippen molar-refractivity contribution in [2.45, 2.75) is 52.4 Å². The van der Waals surface area contributed by atoms with Gasteiger partial charge in [0.25, 0.3) is 0 Å². The molecule has 2 aromatic heterocycles. The minimum Gasteiger partial charge on any atom is -0.383 e. The molecular weight excluding hydrogens is 254 g/mol. The summed E-state index contributed by atoms with van der Waals surface area (Å²) in [4.78, 5) is 11.8. The minimum atomic E-state index is 0.505. The maximum Gasteiger partial charge on any atom is 0.136 e. The number of anilines is 1. The summed E-state index contributed by atoms with van der Waals surface area (Å²) in [7, 11) is 0.